The van der Waals surface area contributed by atoms with Crippen LogP contribution in [0.3, 0.4) is 0 Å². The number of aromatic nitrogens is 1. The number of nitrogens with zero attached hydrogens (tertiary/aromatic N) is 2. The van der Waals surface area contributed by atoms with Crippen LogP contribution in [0.1, 0.15) is 27.9 Å². The van der Waals surface area contributed by atoms with Gasteiger partial charge < -0.3 is 10.6 Å². The van der Waals surface area contributed by atoms with E-state index < -0.39 is 0 Å². The van der Waals surface area contributed by atoms with Crippen molar-refractivity contribution in [2.45, 2.75) is 26.8 Å². The van der Waals surface area contributed by atoms with Gasteiger partial charge >= 0.3 is 0 Å². The lowest BCUT2D eigenvalue weighted by Crippen LogP contribution is -2.44. The number of rotatable bonds is 1. The molecule has 0 bridgehead atoms. The number of aryl methyl sites for hydroxylation is 2. The standard InChI is InChI=1S/C15H19N3OS2/c1-8-6-9(2)17-14-11(8)12(16)13(21-14)15(19)18-4-5-20-7-10(18)3/h6,10H,4-5,7,16H2,1-3H3. The number of anilines is 1. The van der Waals surface area contributed by atoms with E-state index in [1.165, 1.54) is 11.3 Å². The Labute approximate surface area is 132 Å². The summed E-state index contributed by atoms with van der Waals surface area (Å²) in [6, 6.07) is 2.27. The number of carbonyl (C=O) groups is 1. The van der Waals surface area contributed by atoms with Crippen LogP contribution in [0.2, 0.25) is 0 Å². The molecule has 1 aliphatic heterocycles. The van der Waals surface area contributed by atoms with E-state index in [9.17, 15) is 4.79 Å². The quantitative estimate of drug-likeness (QED) is 0.877. The third-order valence-electron chi connectivity index (χ3n) is 3.85. The predicted octanol–water partition coefficient (Wildman–Crippen LogP) is 3.07. The molecule has 21 heavy (non-hydrogen) atoms. The molecule has 1 fully saturated rings. The third-order valence-corrected chi connectivity index (χ3v) is 6.12. The lowest BCUT2D eigenvalue weighted by atomic mass is 10.1. The number of thioether (sulfide) groups is 1. The van der Waals surface area contributed by atoms with E-state index in [1.54, 1.807) is 0 Å². The number of thiophene rings is 1. The van der Waals surface area contributed by atoms with E-state index >= 15 is 0 Å². The van der Waals surface area contributed by atoms with Crippen molar-refractivity contribution in [3.05, 3.63) is 22.2 Å². The SMILES string of the molecule is Cc1cc(C)c2c(N)c(C(=O)N3CCSCC3C)sc2n1. The van der Waals surface area contributed by atoms with Gasteiger partial charge in [0.2, 0.25) is 0 Å². The largest absolute Gasteiger partial charge is 0.397 e. The lowest BCUT2D eigenvalue weighted by Gasteiger charge is -2.32. The van der Waals surface area contributed by atoms with E-state index in [4.69, 9.17) is 5.73 Å². The maximum atomic E-state index is 12.8. The Morgan fingerprint density at radius 1 is 1.48 bits per heavy atom. The Bertz CT molecular complexity index is 710. The molecule has 0 aromatic carbocycles. The second kappa shape index (κ2) is 5.50. The number of hydrogen-bond donors (Lipinski definition) is 1. The van der Waals surface area contributed by atoms with Crippen molar-refractivity contribution in [1.29, 1.82) is 0 Å². The second-order valence-corrected chi connectivity index (χ2v) is 7.68. The van der Waals surface area contributed by atoms with Crippen LogP contribution in [0.4, 0.5) is 5.69 Å². The van der Waals surface area contributed by atoms with Crippen molar-refractivity contribution in [1.82, 2.24) is 9.88 Å². The lowest BCUT2D eigenvalue weighted by molar-refractivity contribution is 0.0722. The first kappa shape index (κ1) is 14.7. The maximum Gasteiger partial charge on any atom is 0.266 e. The number of carbonyl (C=O) groups excluding carboxylic acids is 1. The van der Waals surface area contributed by atoms with Crippen LogP contribution in [-0.2, 0) is 0 Å². The highest BCUT2D eigenvalue weighted by atomic mass is 32.2. The van der Waals surface area contributed by atoms with Crippen LogP contribution >= 0.6 is 23.1 Å². The summed E-state index contributed by atoms with van der Waals surface area (Å²) in [5.74, 6) is 2.05. The molecular weight excluding hydrogens is 302 g/mol. The molecule has 3 heterocycles. The fourth-order valence-electron chi connectivity index (χ4n) is 2.79. The normalized spacial score (nSPS) is 19.2. The summed E-state index contributed by atoms with van der Waals surface area (Å²) in [4.78, 5) is 20.8. The van der Waals surface area contributed by atoms with Crippen LogP contribution in [0.25, 0.3) is 10.2 Å². The van der Waals surface area contributed by atoms with Gasteiger partial charge in [-0.1, -0.05) is 0 Å². The number of pyridine rings is 1. The summed E-state index contributed by atoms with van der Waals surface area (Å²) in [6.45, 7) is 6.88. The van der Waals surface area contributed by atoms with Crippen molar-refractivity contribution in [2.24, 2.45) is 0 Å². The summed E-state index contributed by atoms with van der Waals surface area (Å²) in [7, 11) is 0. The van der Waals surface area contributed by atoms with Crippen molar-refractivity contribution in [2.75, 3.05) is 23.8 Å². The highest BCUT2D eigenvalue weighted by Crippen LogP contribution is 2.36. The molecule has 1 aliphatic rings. The monoisotopic (exact) mass is 321 g/mol. The van der Waals surface area contributed by atoms with E-state index in [2.05, 4.69) is 11.9 Å². The fraction of sp³-hybridized carbons (Fsp3) is 0.467. The Morgan fingerprint density at radius 3 is 2.95 bits per heavy atom. The van der Waals surface area contributed by atoms with E-state index in [0.717, 1.165) is 39.5 Å². The molecule has 2 N–H and O–H groups in total. The van der Waals surface area contributed by atoms with Gasteiger partial charge in [0.15, 0.2) is 0 Å². The Kier molecular flexibility index (Phi) is 3.84. The first-order valence-corrected chi connectivity index (χ1v) is 9.01. The summed E-state index contributed by atoms with van der Waals surface area (Å²) in [5, 5.41) is 0.938. The molecule has 1 atom stereocenters. The van der Waals surface area contributed by atoms with Crippen molar-refractivity contribution in [3.8, 4) is 0 Å². The zero-order chi connectivity index (χ0) is 15.1. The molecule has 1 saturated heterocycles. The molecule has 0 saturated carbocycles. The van der Waals surface area contributed by atoms with E-state index in [1.807, 2.05) is 36.6 Å². The van der Waals surface area contributed by atoms with Gasteiger partial charge in [0.25, 0.3) is 5.91 Å². The minimum atomic E-state index is 0.0559. The van der Waals surface area contributed by atoms with Crippen LogP contribution in [0.15, 0.2) is 6.07 Å². The molecule has 1 amide bonds. The molecule has 112 valence electrons. The van der Waals surface area contributed by atoms with E-state index in [-0.39, 0.29) is 11.9 Å². The molecule has 0 radical (unpaired) electrons. The van der Waals surface area contributed by atoms with Gasteiger partial charge in [0, 0.05) is 35.2 Å². The molecular formula is C15H19N3OS2. The van der Waals surface area contributed by atoms with Gasteiger partial charge in [-0.25, -0.2) is 4.98 Å². The average Bonchev–Trinajstić information content (AvgIpc) is 2.75. The van der Waals surface area contributed by atoms with Crippen LogP contribution in [0, 0.1) is 13.8 Å². The first-order chi connectivity index (χ1) is 9.99. The number of nitrogens with two attached hydrogens (primary N) is 1. The number of fused-ring (bicyclic) bond motifs is 1. The zero-order valence-corrected chi connectivity index (χ0v) is 14.1. The Hall–Kier alpha value is -1.27. The minimum absolute atomic E-state index is 0.0559. The second-order valence-electron chi connectivity index (χ2n) is 5.53. The zero-order valence-electron chi connectivity index (χ0n) is 12.5. The van der Waals surface area contributed by atoms with Gasteiger partial charge in [-0.05, 0) is 32.4 Å². The predicted molar refractivity (Wildman–Crippen MR) is 91.3 cm³/mol. The molecule has 3 rings (SSSR count). The van der Waals surface area contributed by atoms with E-state index in [0.29, 0.717) is 10.6 Å². The van der Waals surface area contributed by atoms with Gasteiger partial charge in [-0.2, -0.15) is 11.8 Å². The summed E-state index contributed by atoms with van der Waals surface area (Å²) in [6.07, 6.45) is 0. The molecule has 0 aliphatic carbocycles. The molecule has 1 unspecified atom stereocenters. The fourth-order valence-corrected chi connectivity index (χ4v) is 4.97. The highest BCUT2D eigenvalue weighted by Gasteiger charge is 2.28. The summed E-state index contributed by atoms with van der Waals surface area (Å²) < 4.78 is 0. The number of amides is 1. The highest BCUT2D eigenvalue weighted by molar-refractivity contribution is 7.99. The topological polar surface area (TPSA) is 59.2 Å². The van der Waals surface area contributed by atoms with Gasteiger partial charge in [-0.3, -0.25) is 4.79 Å². The molecule has 0 spiro atoms. The summed E-state index contributed by atoms with van der Waals surface area (Å²) in [5.41, 5.74) is 8.91. The minimum Gasteiger partial charge on any atom is -0.397 e. The van der Waals surface area contributed by atoms with Crippen molar-refractivity contribution < 1.29 is 4.79 Å². The molecule has 6 heteroatoms. The molecule has 2 aromatic heterocycles. The van der Waals surface area contributed by atoms with Gasteiger partial charge in [0.05, 0.1) is 5.69 Å². The number of nitrogen functional groups attached to an aromatic ring is 1. The third kappa shape index (κ3) is 2.51. The molecule has 2 aromatic rings. The Balaban J connectivity index is 2.06. The van der Waals surface area contributed by atoms with Crippen molar-refractivity contribution in [3.63, 3.8) is 0 Å². The first-order valence-electron chi connectivity index (χ1n) is 7.04. The number of hydrogen-bond acceptors (Lipinski definition) is 5. The van der Waals surface area contributed by atoms with Crippen LogP contribution in [0.5, 0.6) is 0 Å². The maximum absolute atomic E-state index is 12.8. The Morgan fingerprint density at radius 2 is 2.24 bits per heavy atom. The van der Waals surface area contributed by atoms with Crippen molar-refractivity contribution >= 4 is 44.9 Å². The average molecular weight is 321 g/mol. The summed E-state index contributed by atoms with van der Waals surface area (Å²) >= 11 is 3.32. The van der Waals surface area contributed by atoms with Gasteiger partial charge in [-0.15, -0.1) is 11.3 Å². The smallest absolute Gasteiger partial charge is 0.266 e. The van der Waals surface area contributed by atoms with Crippen LogP contribution in [-0.4, -0.2) is 39.9 Å². The van der Waals surface area contributed by atoms with Crippen LogP contribution < -0.4 is 5.73 Å². The molecule has 4 nitrogen and oxygen atoms in total. The van der Waals surface area contributed by atoms with Gasteiger partial charge in [0.1, 0.15) is 9.71 Å².